The summed E-state index contributed by atoms with van der Waals surface area (Å²) in [5.41, 5.74) is 0. The number of carbonyl (C=O) groups is 3. The Morgan fingerprint density at radius 3 is 1.02 bits per heavy atom. The zero-order valence-corrected chi connectivity index (χ0v) is 35.7. The normalized spacial score (nSPS) is 14.2. The van der Waals surface area contributed by atoms with E-state index >= 15 is 0 Å². The van der Waals surface area contributed by atoms with E-state index in [2.05, 4.69) is 13.8 Å². The maximum atomic E-state index is 12.7. The van der Waals surface area contributed by atoms with Gasteiger partial charge in [0, 0.05) is 19.3 Å². The minimum Gasteiger partial charge on any atom is -0.462 e. The van der Waals surface area contributed by atoms with Crippen molar-refractivity contribution in [3.05, 3.63) is 0 Å². The summed E-state index contributed by atoms with van der Waals surface area (Å²) >= 11 is 0. The Balaban J connectivity index is 4.46. The van der Waals surface area contributed by atoms with Gasteiger partial charge in [-0.3, -0.25) is 14.4 Å². The molecular weight excluding hydrogens is 700 g/mol. The van der Waals surface area contributed by atoms with Crippen LogP contribution in [0.15, 0.2) is 0 Å². The SMILES string of the molecule is CCCCCCCCCCCCC(=O)OC(COC(=O)CCCCCCCC(O)C(O)CC)COC(=O)CCCCCCCC(O)C(O)CCCCCCC. The van der Waals surface area contributed by atoms with Crippen molar-refractivity contribution in [3.8, 4) is 0 Å². The van der Waals surface area contributed by atoms with Crippen LogP contribution in [0.1, 0.15) is 226 Å². The molecule has 0 aliphatic heterocycles. The van der Waals surface area contributed by atoms with Crippen molar-refractivity contribution >= 4 is 17.9 Å². The Bertz CT molecular complexity index is 884. The van der Waals surface area contributed by atoms with Gasteiger partial charge in [-0.05, 0) is 44.9 Å². The van der Waals surface area contributed by atoms with E-state index in [-0.39, 0.29) is 50.4 Å². The van der Waals surface area contributed by atoms with Crippen molar-refractivity contribution in [2.45, 2.75) is 257 Å². The molecule has 0 aliphatic carbocycles. The van der Waals surface area contributed by atoms with Gasteiger partial charge in [0.15, 0.2) is 6.10 Å². The van der Waals surface area contributed by atoms with Crippen molar-refractivity contribution in [2.75, 3.05) is 13.2 Å². The Labute approximate surface area is 336 Å². The molecule has 0 aliphatic rings. The number of hydrogen-bond acceptors (Lipinski definition) is 10. The topological polar surface area (TPSA) is 160 Å². The summed E-state index contributed by atoms with van der Waals surface area (Å²) in [5.74, 6) is -1.14. The second-order valence-corrected chi connectivity index (χ2v) is 15.9. The Hall–Kier alpha value is -1.75. The van der Waals surface area contributed by atoms with Crippen molar-refractivity contribution in [2.24, 2.45) is 0 Å². The molecule has 0 fully saturated rings. The highest BCUT2D eigenvalue weighted by atomic mass is 16.6. The Kier molecular flexibility index (Phi) is 37.8. The zero-order chi connectivity index (χ0) is 40.8. The molecule has 326 valence electrons. The number of hydrogen-bond donors (Lipinski definition) is 4. The molecule has 0 amide bonds. The second kappa shape index (κ2) is 39.1. The molecule has 10 heteroatoms. The highest BCUT2D eigenvalue weighted by molar-refractivity contribution is 5.71. The molecule has 4 N–H and O–H groups in total. The minimum absolute atomic E-state index is 0.159. The summed E-state index contributed by atoms with van der Waals surface area (Å²) in [4.78, 5) is 37.6. The summed E-state index contributed by atoms with van der Waals surface area (Å²) in [7, 11) is 0. The molecule has 0 heterocycles. The monoisotopic (exact) mass is 787 g/mol. The van der Waals surface area contributed by atoms with Crippen LogP contribution in [0.3, 0.4) is 0 Å². The number of aliphatic hydroxyl groups excluding tert-OH is 4. The third-order valence-corrected chi connectivity index (χ3v) is 10.6. The van der Waals surface area contributed by atoms with Gasteiger partial charge in [0.05, 0.1) is 24.4 Å². The lowest BCUT2D eigenvalue weighted by atomic mass is 10.00. The van der Waals surface area contributed by atoms with Crippen LogP contribution >= 0.6 is 0 Å². The third kappa shape index (κ3) is 35.2. The van der Waals surface area contributed by atoms with E-state index in [1.807, 2.05) is 6.92 Å². The van der Waals surface area contributed by atoms with E-state index in [0.29, 0.717) is 38.5 Å². The number of ether oxygens (including phenoxy) is 3. The van der Waals surface area contributed by atoms with Crippen molar-refractivity contribution in [1.29, 1.82) is 0 Å². The molecule has 5 unspecified atom stereocenters. The van der Waals surface area contributed by atoms with Gasteiger partial charge in [-0.25, -0.2) is 0 Å². The molecule has 0 aromatic rings. The van der Waals surface area contributed by atoms with Crippen molar-refractivity contribution in [3.63, 3.8) is 0 Å². The third-order valence-electron chi connectivity index (χ3n) is 10.6. The summed E-state index contributed by atoms with van der Waals surface area (Å²) in [6.45, 7) is 5.92. The van der Waals surface area contributed by atoms with Crippen LogP contribution in [0.4, 0.5) is 0 Å². The standard InChI is InChI=1S/C45H86O10/c1-4-7-9-11-12-13-14-15-21-29-35-45(52)55-38(36-53-43(50)33-27-22-16-19-25-30-40(47)39(46)6-3)37-54-44(51)34-28-23-17-20-26-32-42(49)41(48)31-24-18-10-8-5-2/h38-42,46-49H,4-37H2,1-3H3. The molecule has 0 radical (unpaired) electrons. The first kappa shape index (κ1) is 53.2. The summed E-state index contributed by atoms with van der Waals surface area (Å²) in [5, 5.41) is 40.0. The smallest absolute Gasteiger partial charge is 0.306 e. The Morgan fingerprint density at radius 2 is 0.673 bits per heavy atom. The van der Waals surface area contributed by atoms with E-state index < -0.39 is 30.5 Å². The molecule has 0 spiro atoms. The highest BCUT2D eigenvalue weighted by Gasteiger charge is 2.20. The summed E-state index contributed by atoms with van der Waals surface area (Å²) < 4.78 is 16.5. The van der Waals surface area contributed by atoms with Crippen LogP contribution < -0.4 is 0 Å². The first-order chi connectivity index (χ1) is 26.6. The van der Waals surface area contributed by atoms with Gasteiger partial charge in [0.2, 0.25) is 0 Å². The minimum atomic E-state index is -0.855. The fourth-order valence-electron chi connectivity index (χ4n) is 6.75. The predicted octanol–water partition coefficient (Wildman–Crippen LogP) is 9.97. The lowest BCUT2D eigenvalue weighted by Crippen LogP contribution is -2.30. The predicted molar refractivity (Wildman–Crippen MR) is 221 cm³/mol. The van der Waals surface area contributed by atoms with Gasteiger partial charge in [-0.15, -0.1) is 0 Å². The summed E-state index contributed by atoms with van der Waals surface area (Å²) in [6, 6.07) is 0. The van der Waals surface area contributed by atoms with Gasteiger partial charge in [-0.1, -0.05) is 162 Å². The largest absolute Gasteiger partial charge is 0.462 e. The van der Waals surface area contributed by atoms with Gasteiger partial charge in [0.1, 0.15) is 13.2 Å². The fourth-order valence-corrected chi connectivity index (χ4v) is 6.75. The van der Waals surface area contributed by atoms with E-state index in [1.165, 1.54) is 64.2 Å². The zero-order valence-electron chi connectivity index (χ0n) is 35.7. The van der Waals surface area contributed by atoms with Crippen LogP contribution in [-0.2, 0) is 28.6 Å². The molecule has 0 bridgehead atoms. The maximum absolute atomic E-state index is 12.7. The Morgan fingerprint density at radius 1 is 0.382 bits per heavy atom. The quantitative estimate of drug-likeness (QED) is 0.0267. The molecule has 0 saturated heterocycles. The van der Waals surface area contributed by atoms with Gasteiger partial charge in [0.25, 0.3) is 0 Å². The van der Waals surface area contributed by atoms with Crippen LogP contribution in [-0.4, -0.2) is 82.1 Å². The van der Waals surface area contributed by atoms with Crippen LogP contribution in [0.25, 0.3) is 0 Å². The second-order valence-electron chi connectivity index (χ2n) is 15.9. The molecular formula is C45H86O10. The fraction of sp³-hybridized carbons (Fsp3) is 0.933. The molecule has 10 nitrogen and oxygen atoms in total. The molecule has 0 saturated carbocycles. The van der Waals surface area contributed by atoms with E-state index in [1.54, 1.807) is 0 Å². The first-order valence-electron chi connectivity index (χ1n) is 22.9. The van der Waals surface area contributed by atoms with Crippen molar-refractivity contribution < 1.29 is 49.0 Å². The number of rotatable bonds is 41. The number of carbonyl (C=O) groups excluding carboxylic acids is 3. The lowest BCUT2D eigenvalue weighted by molar-refractivity contribution is -0.167. The van der Waals surface area contributed by atoms with Crippen LogP contribution in [0, 0.1) is 0 Å². The molecule has 0 rings (SSSR count). The van der Waals surface area contributed by atoms with Crippen LogP contribution in [0.5, 0.6) is 0 Å². The number of esters is 3. The maximum Gasteiger partial charge on any atom is 0.306 e. The lowest BCUT2D eigenvalue weighted by Gasteiger charge is -2.18. The van der Waals surface area contributed by atoms with E-state index in [9.17, 15) is 34.8 Å². The first-order valence-corrected chi connectivity index (χ1v) is 22.9. The summed E-state index contributed by atoms with van der Waals surface area (Å²) in [6.07, 6.45) is 25.2. The average molecular weight is 787 g/mol. The molecule has 55 heavy (non-hydrogen) atoms. The van der Waals surface area contributed by atoms with Gasteiger partial charge in [-0.2, -0.15) is 0 Å². The van der Waals surface area contributed by atoms with E-state index in [4.69, 9.17) is 14.2 Å². The van der Waals surface area contributed by atoms with Crippen LogP contribution in [0.2, 0.25) is 0 Å². The molecule has 0 aromatic carbocycles. The van der Waals surface area contributed by atoms with Gasteiger partial charge < -0.3 is 34.6 Å². The molecule has 5 atom stereocenters. The van der Waals surface area contributed by atoms with E-state index in [0.717, 1.165) is 83.5 Å². The molecule has 0 aromatic heterocycles. The highest BCUT2D eigenvalue weighted by Crippen LogP contribution is 2.17. The number of aliphatic hydroxyl groups is 4. The average Bonchev–Trinajstić information content (AvgIpc) is 3.17. The van der Waals surface area contributed by atoms with Crippen molar-refractivity contribution in [1.82, 2.24) is 0 Å². The van der Waals surface area contributed by atoms with Gasteiger partial charge >= 0.3 is 17.9 Å². The number of unbranched alkanes of at least 4 members (excludes halogenated alkanes) is 21.